The zero-order valence-corrected chi connectivity index (χ0v) is 5.63. The van der Waals surface area contributed by atoms with Gasteiger partial charge in [-0.2, -0.15) is 0 Å². The second-order valence-corrected chi connectivity index (χ2v) is 2.35. The number of hydrogen-bond donors (Lipinski definition) is 0. The lowest BCUT2D eigenvalue weighted by molar-refractivity contribution is 0.853. The molecule has 5 heteroatoms. The molecule has 0 bridgehead atoms. The molecule has 0 unspecified atom stereocenters. The number of thiazole rings is 1. The second kappa shape index (κ2) is 2.54. The summed E-state index contributed by atoms with van der Waals surface area (Å²) >= 11 is 1.38. The van der Waals surface area contributed by atoms with Crippen LogP contribution in [0.4, 0.5) is 0 Å². The molecule has 1 aromatic heterocycles. The van der Waals surface area contributed by atoms with Crippen LogP contribution in [0.1, 0.15) is 0 Å². The highest BCUT2D eigenvalue weighted by molar-refractivity contribution is 7.07. The number of aromatic nitrogens is 1. The minimum Gasteiger partial charge on any atom is -0.325 e. The lowest BCUT2D eigenvalue weighted by Crippen LogP contribution is -2.07. The molecule has 0 aromatic carbocycles. The fourth-order valence-electron chi connectivity index (χ4n) is 0.459. The number of hydrogen-bond acceptors (Lipinski definition) is 3. The average molecular weight is 143 g/mol. The Kier molecular flexibility index (Phi) is 1.74. The summed E-state index contributed by atoms with van der Waals surface area (Å²) in [6.45, 7) is 0. The summed E-state index contributed by atoms with van der Waals surface area (Å²) in [5.74, 6) is 0. The molecule has 4 nitrogen and oxygen atoms in total. The van der Waals surface area contributed by atoms with E-state index in [9.17, 15) is 4.91 Å². The highest BCUT2D eigenvalue weighted by Crippen LogP contribution is 1.85. The highest BCUT2D eigenvalue weighted by atomic mass is 32.1. The first-order valence-electron chi connectivity index (χ1n) is 2.31. The number of nitrogens with zero attached hydrogens (tertiary/aromatic N) is 3. The Labute approximate surface area is 55.4 Å². The van der Waals surface area contributed by atoms with E-state index in [-0.39, 0.29) is 0 Å². The molecule has 0 atom stereocenters. The number of rotatable bonds is 1. The van der Waals surface area contributed by atoms with Gasteiger partial charge in [0.25, 0.3) is 0 Å². The Hall–Kier alpha value is -0.970. The van der Waals surface area contributed by atoms with Crippen molar-refractivity contribution in [3.63, 3.8) is 0 Å². The lowest BCUT2D eigenvalue weighted by atomic mass is 10.9. The van der Waals surface area contributed by atoms with Crippen molar-refractivity contribution in [2.45, 2.75) is 0 Å². The summed E-state index contributed by atoms with van der Waals surface area (Å²) in [6, 6.07) is 0. The maximum absolute atomic E-state index is 9.60. The van der Waals surface area contributed by atoms with Crippen LogP contribution in [-0.2, 0) is 7.05 Å². The summed E-state index contributed by atoms with van der Waals surface area (Å²) < 4.78 is 1.73. The van der Waals surface area contributed by atoms with Gasteiger partial charge in [0.2, 0.25) is 4.80 Å². The van der Waals surface area contributed by atoms with Crippen LogP contribution in [0.3, 0.4) is 0 Å². The summed E-state index contributed by atoms with van der Waals surface area (Å²) in [5.41, 5.74) is 0. The van der Waals surface area contributed by atoms with Crippen LogP contribution in [0.25, 0.3) is 0 Å². The largest absolute Gasteiger partial charge is 0.325 e. The second-order valence-electron chi connectivity index (χ2n) is 1.48. The van der Waals surface area contributed by atoms with E-state index < -0.39 is 0 Å². The predicted molar refractivity (Wildman–Crippen MR) is 34.6 cm³/mol. The molecule has 48 valence electrons. The van der Waals surface area contributed by atoms with Crippen LogP contribution in [0.5, 0.6) is 0 Å². The third-order valence-electron chi connectivity index (χ3n) is 0.886. The van der Waals surface area contributed by atoms with Crippen molar-refractivity contribution in [2.24, 2.45) is 17.4 Å². The van der Waals surface area contributed by atoms with Crippen LogP contribution < -0.4 is 4.80 Å². The average Bonchev–Trinajstić information content (AvgIpc) is 2.18. The Balaban J connectivity index is 3.22. The van der Waals surface area contributed by atoms with E-state index in [0.29, 0.717) is 4.80 Å². The normalized spacial score (nSPS) is 11.9. The SMILES string of the molecule is Cn1ccs/c1=N\N=O. The summed E-state index contributed by atoms with van der Waals surface area (Å²) in [5, 5.41) is 7.56. The minimum absolute atomic E-state index is 0.616. The van der Waals surface area contributed by atoms with Crippen molar-refractivity contribution in [1.29, 1.82) is 0 Å². The van der Waals surface area contributed by atoms with Crippen LogP contribution in [0.15, 0.2) is 22.0 Å². The van der Waals surface area contributed by atoms with E-state index in [1.165, 1.54) is 11.3 Å². The van der Waals surface area contributed by atoms with Crippen LogP contribution >= 0.6 is 11.3 Å². The van der Waals surface area contributed by atoms with Gasteiger partial charge in [-0.15, -0.1) is 16.2 Å². The number of nitroso groups, excluding NO2 is 1. The molecule has 0 spiro atoms. The smallest absolute Gasteiger partial charge is 0.213 e. The van der Waals surface area contributed by atoms with E-state index >= 15 is 0 Å². The van der Waals surface area contributed by atoms with Crippen LogP contribution in [0.2, 0.25) is 0 Å². The van der Waals surface area contributed by atoms with Crippen molar-refractivity contribution in [3.8, 4) is 0 Å². The maximum atomic E-state index is 9.60. The monoisotopic (exact) mass is 143 g/mol. The van der Waals surface area contributed by atoms with Crippen molar-refractivity contribution in [2.75, 3.05) is 0 Å². The third kappa shape index (κ3) is 1.23. The van der Waals surface area contributed by atoms with Gasteiger partial charge in [-0.05, 0) is 0 Å². The molecule has 0 aliphatic heterocycles. The van der Waals surface area contributed by atoms with Crippen LogP contribution in [0, 0.1) is 4.91 Å². The summed E-state index contributed by atoms with van der Waals surface area (Å²) in [6.07, 6.45) is 1.81. The first-order chi connectivity index (χ1) is 4.34. The van der Waals surface area contributed by atoms with Crippen molar-refractivity contribution in [1.82, 2.24) is 4.57 Å². The van der Waals surface area contributed by atoms with Gasteiger partial charge in [-0.3, -0.25) is 0 Å². The zero-order chi connectivity index (χ0) is 6.69. The van der Waals surface area contributed by atoms with Gasteiger partial charge in [-0.1, -0.05) is 5.10 Å². The molecule has 0 aliphatic rings. The van der Waals surface area contributed by atoms with Gasteiger partial charge >= 0.3 is 0 Å². The van der Waals surface area contributed by atoms with E-state index in [1.807, 2.05) is 11.6 Å². The third-order valence-corrected chi connectivity index (χ3v) is 1.72. The topological polar surface area (TPSA) is 46.7 Å². The standard InChI is InChI=1S/C4H5N3OS/c1-7-2-3-9-4(7)5-6-8/h2-3H,1H3/b5-4-. The molecule has 0 amide bonds. The van der Waals surface area contributed by atoms with Crippen molar-refractivity contribution >= 4 is 11.3 Å². The Morgan fingerprint density at radius 2 is 2.56 bits per heavy atom. The van der Waals surface area contributed by atoms with Gasteiger partial charge in [-0.25, -0.2) is 0 Å². The molecule has 1 heterocycles. The molecule has 1 aromatic rings. The van der Waals surface area contributed by atoms with Gasteiger partial charge in [0.1, 0.15) is 0 Å². The first-order valence-corrected chi connectivity index (χ1v) is 3.19. The van der Waals surface area contributed by atoms with E-state index in [0.717, 1.165) is 0 Å². The van der Waals surface area contributed by atoms with E-state index in [2.05, 4.69) is 10.4 Å². The molecule has 0 radical (unpaired) electrons. The fourth-order valence-corrected chi connectivity index (χ4v) is 1.13. The molecule has 0 N–H and O–H groups in total. The Bertz CT molecular complexity index is 261. The van der Waals surface area contributed by atoms with E-state index in [4.69, 9.17) is 0 Å². The Morgan fingerprint density at radius 3 is 3.00 bits per heavy atom. The number of aryl methyl sites for hydroxylation is 1. The Morgan fingerprint density at radius 1 is 1.78 bits per heavy atom. The molecule has 0 saturated carbocycles. The van der Waals surface area contributed by atoms with Crippen LogP contribution in [-0.4, -0.2) is 4.57 Å². The predicted octanol–water partition coefficient (Wildman–Crippen LogP) is 0.669. The maximum Gasteiger partial charge on any atom is 0.213 e. The van der Waals surface area contributed by atoms with Gasteiger partial charge in [0, 0.05) is 18.6 Å². The van der Waals surface area contributed by atoms with E-state index in [1.54, 1.807) is 11.6 Å². The quantitative estimate of drug-likeness (QED) is 0.421. The van der Waals surface area contributed by atoms with Gasteiger partial charge < -0.3 is 4.57 Å². The summed E-state index contributed by atoms with van der Waals surface area (Å²) in [4.78, 5) is 10.2. The lowest BCUT2D eigenvalue weighted by Gasteiger charge is -1.81. The zero-order valence-electron chi connectivity index (χ0n) is 4.81. The fraction of sp³-hybridized carbons (Fsp3) is 0.250. The highest BCUT2D eigenvalue weighted by Gasteiger charge is 1.84. The molecular formula is C4H5N3OS. The molecule has 0 saturated heterocycles. The minimum atomic E-state index is 0.616. The molecule has 1 rings (SSSR count). The summed E-state index contributed by atoms with van der Waals surface area (Å²) in [7, 11) is 1.81. The van der Waals surface area contributed by atoms with Gasteiger partial charge in [0.15, 0.2) is 0 Å². The van der Waals surface area contributed by atoms with Crippen molar-refractivity contribution < 1.29 is 0 Å². The molecule has 0 fully saturated rings. The molecule has 9 heavy (non-hydrogen) atoms. The first kappa shape index (κ1) is 6.15. The van der Waals surface area contributed by atoms with Crippen molar-refractivity contribution in [3.05, 3.63) is 21.3 Å². The van der Waals surface area contributed by atoms with Gasteiger partial charge in [0.05, 0.1) is 5.29 Å². The molecule has 0 aliphatic carbocycles. The molecular weight excluding hydrogens is 138 g/mol.